The fourth-order valence-corrected chi connectivity index (χ4v) is 2.72. The second-order valence-corrected chi connectivity index (χ2v) is 6.93. The number of anilines is 3. The van der Waals surface area contributed by atoms with Gasteiger partial charge in [0, 0.05) is 30.2 Å². The van der Waals surface area contributed by atoms with Crippen molar-refractivity contribution in [1.29, 1.82) is 0 Å². The molecule has 3 heterocycles. The first-order chi connectivity index (χ1) is 14.1. The Kier molecular flexibility index (Phi) is 7.12. The van der Waals surface area contributed by atoms with E-state index in [1.54, 1.807) is 6.20 Å². The summed E-state index contributed by atoms with van der Waals surface area (Å²) < 4.78 is 6.13. The van der Waals surface area contributed by atoms with E-state index in [1.807, 2.05) is 38.3 Å². The normalized spacial score (nSPS) is 11.9. The van der Waals surface area contributed by atoms with Crippen LogP contribution < -0.4 is 10.6 Å². The Morgan fingerprint density at radius 1 is 1.34 bits per heavy atom. The molecule has 3 aromatic heterocycles. The van der Waals surface area contributed by atoms with Crippen LogP contribution in [0.2, 0.25) is 0 Å². The minimum absolute atomic E-state index is 0.394. The predicted molar refractivity (Wildman–Crippen MR) is 117 cm³/mol. The average molecular weight is 459 g/mol. The molecule has 0 fully saturated rings. The van der Waals surface area contributed by atoms with E-state index in [1.165, 1.54) is 0 Å². The number of aromatic amines is 1. The van der Waals surface area contributed by atoms with Crippen molar-refractivity contribution in [3.05, 3.63) is 46.0 Å². The molecular weight excluding hydrogens is 436 g/mol. The molecule has 0 spiro atoms. The van der Waals surface area contributed by atoms with E-state index < -0.39 is 0 Å². The van der Waals surface area contributed by atoms with Crippen molar-refractivity contribution in [2.75, 3.05) is 10.6 Å². The molecule has 3 N–H and O–H groups in total. The molecule has 0 radical (unpaired) electrons. The molecule has 3 aromatic rings. The molecule has 0 atom stereocenters. The molecule has 0 amide bonds. The number of aromatic nitrogens is 5. The number of H-pyrrole nitrogens is 1. The van der Waals surface area contributed by atoms with Crippen molar-refractivity contribution in [3.8, 4) is 0 Å². The van der Waals surface area contributed by atoms with Crippen LogP contribution in [0.5, 0.6) is 0 Å². The fourth-order valence-electron chi connectivity index (χ4n) is 2.43. The first-order valence-corrected chi connectivity index (χ1v) is 10.1. The first-order valence-electron chi connectivity index (χ1n) is 9.35. The third-order valence-electron chi connectivity index (χ3n) is 3.93. The van der Waals surface area contributed by atoms with Crippen molar-refractivity contribution in [1.82, 2.24) is 25.3 Å². The lowest BCUT2D eigenvalue weighted by atomic mass is 10.3. The summed E-state index contributed by atoms with van der Waals surface area (Å²) in [5.41, 5.74) is 2.51. The Hall–Kier alpha value is -3.01. The lowest BCUT2D eigenvalue weighted by Gasteiger charge is -2.07. The van der Waals surface area contributed by atoms with Crippen molar-refractivity contribution >= 4 is 45.4 Å². The van der Waals surface area contributed by atoms with Crippen LogP contribution in [0.15, 0.2) is 38.4 Å². The van der Waals surface area contributed by atoms with E-state index >= 15 is 0 Å². The highest BCUT2D eigenvalue weighted by Gasteiger charge is 2.10. The van der Waals surface area contributed by atoms with Gasteiger partial charge in [-0.25, -0.2) is 4.98 Å². The van der Waals surface area contributed by atoms with Crippen molar-refractivity contribution < 1.29 is 4.52 Å². The van der Waals surface area contributed by atoms with E-state index in [0.717, 1.165) is 28.7 Å². The van der Waals surface area contributed by atoms with E-state index in [4.69, 9.17) is 4.52 Å². The zero-order valence-electron chi connectivity index (χ0n) is 16.5. The molecule has 0 aliphatic rings. The highest BCUT2D eigenvalue weighted by molar-refractivity contribution is 9.10. The molecule has 152 valence electrons. The molecule has 0 unspecified atom stereocenters. The molecule has 3 rings (SSSR count). The molecule has 0 bridgehead atoms. The summed E-state index contributed by atoms with van der Waals surface area (Å²) in [6.45, 7) is 6.40. The zero-order valence-corrected chi connectivity index (χ0v) is 18.1. The van der Waals surface area contributed by atoms with Crippen LogP contribution in [0.1, 0.15) is 44.3 Å². The summed E-state index contributed by atoms with van der Waals surface area (Å²) in [6, 6.07) is 3.79. The number of hydrogen-bond donors (Lipinski definition) is 3. The van der Waals surface area contributed by atoms with E-state index in [-0.39, 0.29) is 0 Å². The molecule has 10 heteroatoms. The summed E-state index contributed by atoms with van der Waals surface area (Å²) in [6.07, 6.45) is 7.16. The van der Waals surface area contributed by atoms with Gasteiger partial charge < -0.3 is 15.2 Å². The molecule has 0 saturated heterocycles. The maximum atomic E-state index is 5.39. The van der Waals surface area contributed by atoms with Crippen molar-refractivity contribution in [2.24, 2.45) is 4.99 Å². The predicted octanol–water partition coefficient (Wildman–Crippen LogP) is 4.71. The summed E-state index contributed by atoms with van der Waals surface area (Å²) >= 11 is 3.45. The van der Waals surface area contributed by atoms with Gasteiger partial charge in [0.1, 0.15) is 5.69 Å². The van der Waals surface area contributed by atoms with Crippen molar-refractivity contribution in [3.63, 3.8) is 0 Å². The fraction of sp³-hybridized carbons (Fsp3) is 0.316. The van der Waals surface area contributed by atoms with Crippen LogP contribution in [0.4, 0.5) is 17.6 Å². The number of aryl methyl sites for hydroxylation is 1. The molecule has 0 aliphatic carbocycles. The minimum atomic E-state index is 0.394. The van der Waals surface area contributed by atoms with Gasteiger partial charge in [-0.05, 0) is 35.7 Å². The van der Waals surface area contributed by atoms with Gasteiger partial charge in [-0.1, -0.05) is 25.1 Å². The summed E-state index contributed by atoms with van der Waals surface area (Å²) in [5, 5.41) is 17.6. The van der Waals surface area contributed by atoms with Gasteiger partial charge in [-0.2, -0.15) is 10.1 Å². The minimum Gasteiger partial charge on any atom is -0.359 e. The molecule has 9 nitrogen and oxygen atoms in total. The lowest BCUT2D eigenvalue weighted by molar-refractivity contribution is 0.386. The second-order valence-electron chi connectivity index (χ2n) is 6.07. The maximum Gasteiger partial charge on any atom is 0.225 e. The smallest absolute Gasteiger partial charge is 0.225 e. The molecular formula is C19H23BrN8O. The Balaban J connectivity index is 1.66. The van der Waals surface area contributed by atoms with Crippen LogP contribution in [0.25, 0.3) is 5.70 Å². The third kappa shape index (κ3) is 5.50. The Labute approximate surface area is 177 Å². The van der Waals surface area contributed by atoms with Gasteiger partial charge in [0.2, 0.25) is 5.95 Å². The van der Waals surface area contributed by atoms with Crippen LogP contribution in [-0.2, 0) is 13.0 Å². The molecule has 0 saturated carbocycles. The lowest BCUT2D eigenvalue weighted by Crippen LogP contribution is -2.05. The van der Waals surface area contributed by atoms with Gasteiger partial charge in [0.05, 0.1) is 16.7 Å². The highest BCUT2D eigenvalue weighted by Crippen LogP contribution is 2.24. The SMILES string of the molecule is C/C=C(\N=C/CC)c1cc(CNc2ncc(Br)c(Nc3cc(CC)[nH]n3)n2)on1. The average Bonchev–Trinajstić information content (AvgIpc) is 3.39. The summed E-state index contributed by atoms with van der Waals surface area (Å²) in [4.78, 5) is 13.1. The Bertz CT molecular complexity index is 1010. The van der Waals surface area contributed by atoms with E-state index in [0.29, 0.717) is 35.6 Å². The monoisotopic (exact) mass is 458 g/mol. The number of hydrogen-bond acceptors (Lipinski definition) is 8. The Morgan fingerprint density at radius 3 is 2.93 bits per heavy atom. The van der Waals surface area contributed by atoms with Gasteiger partial charge in [-0.3, -0.25) is 10.1 Å². The first kappa shape index (κ1) is 20.7. The van der Waals surface area contributed by atoms with Gasteiger partial charge in [0.25, 0.3) is 0 Å². The number of halogens is 1. The molecule has 29 heavy (non-hydrogen) atoms. The van der Waals surface area contributed by atoms with Crippen LogP contribution >= 0.6 is 15.9 Å². The van der Waals surface area contributed by atoms with E-state index in [2.05, 4.69) is 63.8 Å². The molecule has 0 aliphatic heterocycles. The molecule has 0 aromatic carbocycles. The number of nitrogens with one attached hydrogen (secondary N) is 3. The number of rotatable bonds is 9. The van der Waals surface area contributed by atoms with Gasteiger partial charge >= 0.3 is 0 Å². The highest BCUT2D eigenvalue weighted by atomic mass is 79.9. The quantitative estimate of drug-likeness (QED) is 0.397. The largest absolute Gasteiger partial charge is 0.359 e. The zero-order chi connectivity index (χ0) is 20.6. The van der Waals surface area contributed by atoms with Crippen LogP contribution in [0.3, 0.4) is 0 Å². The van der Waals surface area contributed by atoms with Crippen LogP contribution in [-0.4, -0.2) is 31.5 Å². The topological polar surface area (TPSA) is 117 Å². The number of nitrogens with zero attached hydrogens (tertiary/aromatic N) is 5. The van der Waals surface area contributed by atoms with E-state index in [9.17, 15) is 0 Å². The summed E-state index contributed by atoms with van der Waals surface area (Å²) in [5.74, 6) is 2.42. The maximum absolute atomic E-state index is 5.39. The Morgan fingerprint density at radius 2 is 2.21 bits per heavy atom. The standard InChI is InChI=1S/C19H23BrN8O/c1-4-7-21-15(6-3)16-9-13(29-28-16)10-22-19-23-11-14(20)18(25-19)24-17-8-12(5-2)26-27-17/h6-9,11H,4-5,10H2,1-3H3,(H3,22,23,24,25,26,27)/b15-6-,21-7-. The van der Waals surface area contributed by atoms with Gasteiger partial charge in [-0.15, -0.1) is 0 Å². The summed E-state index contributed by atoms with van der Waals surface area (Å²) in [7, 11) is 0. The second kappa shape index (κ2) is 9.97. The number of aliphatic imine (C=N–C) groups is 1. The van der Waals surface area contributed by atoms with Gasteiger partial charge in [0.15, 0.2) is 17.4 Å². The van der Waals surface area contributed by atoms with Crippen LogP contribution in [0, 0.1) is 0 Å². The number of allylic oxidation sites excluding steroid dienone is 1. The third-order valence-corrected chi connectivity index (χ3v) is 4.51. The van der Waals surface area contributed by atoms with Crippen molar-refractivity contribution in [2.45, 2.75) is 40.2 Å².